The van der Waals surface area contributed by atoms with Crippen LogP contribution in [0.1, 0.15) is 31.4 Å². The van der Waals surface area contributed by atoms with E-state index in [1.54, 1.807) is 13.0 Å². The van der Waals surface area contributed by atoms with Gasteiger partial charge in [0.05, 0.1) is 12.7 Å². The fraction of sp³-hybridized carbons (Fsp3) is 0.500. The third-order valence-corrected chi connectivity index (χ3v) is 2.25. The van der Waals surface area contributed by atoms with Gasteiger partial charge in [0.1, 0.15) is 0 Å². The van der Waals surface area contributed by atoms with Crippen molar-refractivity contribution in [3.8, 4) is 5.75 Å². The van der Waals surface area contributed by atoms with E-state index in [0.29, 0.717) is 25.0 Å². The minimum absolute atomic E-state index is 0.118. The van der Waals surface area contributed by atoms with Crippen LogP contribution in [0.4, 0.5) is 4.39 Å². The zero-order chi connectivity index (χ0) is 12.0. The van der Waals surface area contributed by atoms with Gasteiger partial charge in [-0.3, -0.25) is 0 Å². The van der Waals surface area contributed by atoms with Crippen LogP contribution >= 0.6 is 0 Å². The molecule has 0 aromatic heterocycles. The SMILES string of the molecule is C[C@@H](O)c1ccc(OCCCCO)c(F)c1. The average Bonchev–Trinajstić information content (AvgIpc) is 2.26. The summed E-state index contributed by atoms with van der Waals surface area (Å²) in [6, 6.07) is 4.41. The van der Waals surface area contributed by atoms with Gasteiger partial charge in [0.2, 0.25) is 0 Å². The molecule has 4 heteroatoms. The molecule has 0 saturated carbocycles. The van der Waals surface area contributed by atoms with Gasteiger partial charge in [-0.2, -0.15) is 0 Å². The van der Waals surface area contributed by atoms with Crippen LogP contribution in [-0.4, -0.2) is 23.4 Å². The molecule has 0 saturated heterocycles. The van der Waals surface area contributed by atoms with Crippen molar-refractivity contribution in [3.63, 3.8) is 0 Å². The monoisotopic (exact) mass is 228 g/mol. The number of benzene rings is 1. The van der Waals surface area contributed by atoms with Crippen LogP contribution in [0.25, 0.3) is 0 Å². The molecule has 0 spiro atoms. The Morgan fingerprint density at radius 1 is 1.38 bits per heavy atom. The molecule has 1 aromatic carbocycles. The quantitative estimate of drug-likeness (QED) is 0.732. The second kappa shape index (κ2) is 6.45. The molecule has 0 bridgehead atoms. The molecule has 0 aliphatic heterocycles. The molecule has 0 fully saturated rings. The molecule has 0 heterocycles. The van der Waals surface area contributed by atoms with E-state index in [-0.39, 0.29) is 12.4 Å². The standard InChI is InChI=1S/C12H17FO3/c1-9(15)10-4-5-12(11(13)8-10)16-7-3-2-6-14/h4-5,8-9,14-15H,2-3,6-7H2,1H3/t9-/m1/s1. The topological polar surface area (TPSA) is 49.7 Å². The number of hydrogen-bond acceptors (Lipinski definition) is 3. The lowest BCUT2D eigenvalue weighted by atomic mass is 10.1. The Labute approximate surface area is 94.5 Å². The van der Waals surface area contributed by atoms with E-state index >= 15 is 0 Å². The lowest BCUT2D eigenvalue weighted by Crippen LogP contribution is -2.01. The summed E-state index contributed by atoms with van der Waals surface area (Å²) in [6.45, 7) is 2.08. The van der Waals surface area contributed by atoms with E-state index < -0.39 is 11.9 Å². The van der Waals surface area contributed by atoms with Gasteiger partial charge in [-0.05, 0) is 37.5 Å². The molecule has 1 rings (SSSR count). The van der Waals surface area contributed by atoms with Crippen LogP contribution in [-0.2, 0) is 0 Å². The van der Waals surface area contributed by atoms with Crippen LogP contribution in [0.2, 0.25) is 0 Å². The van der Waals surface area contributed by atoms with Crippen molar-refractivity contribution < 1.29 is 19.3 Å². The molecule has 0 aliphatic carbocycles. The number of unbranched alkanes of at least 4 members (excludes halogenated alkanes) is 1. The molecule has 90 valence electrons. The molecule has 16 heavy (non-hydrogen) atoms. The Morgan fingerprint density at radius 3 is 2.69 bits per heavy atom. The van der Waals surface area contributed by atoms with Crippen molar-refractivity contribution in [2.75, 3.05) is 13.2 Å². The number of halogens is 1. The van der Waals surface area contributed by atoms with Crippen molar-refractivity contribution >= 4 is 0 Å². The molecular weight excluding hydrogens is 211 g/mol. The number of aliphatic hydroxyl groups excluding tert-OH is 2. The molecule has 1 aromatic rings. The Hall–Kier alpha value is -1.13. The third-order valence-electron chi connectivity index (χ3n) is 2.25. The number of hydrogen-bond donors (Lipinski definition) is 2. The van der Waals surface area contributed by atoms with E-state index in [0.717, 1.165) is 0 Å². The molecule has 3 nitrogen and oxygen atoms in total. The second-order valence-corrected chi connectivity index (χ2v) is 3.65. The van der Waals surface area contributed by atoms with Gasteiger partial charge in [0.15, 0.2) is 11.6 Å². The Kier molecular flexibility index (Phi) is 5.22. The first-order chi connectivity index (χ1) is 7.65. The van der Waals surface area contributed by atoms with Gasteiger partial charge in [0.25, 0.3) is 0 Å². The molecule has 0 unspecified atom stereocenters. The molecule has 1 atom stereocenters. The lowest BCUT2D eigenvalue weighted by molar-refractivity contribution is 0.198. The van der Waals surface area contributed by atoms with Gasteiger partial charge in [-0.1, -0.05) is 6.07 Å². The summed E-state index contributed by atoms with van der Waals surface area (Å²) in [4.78, 5) is 0. The molecular formula is C12H17FO3. The lowest BCUT2D eigenvalue weighted by Gasteiger charge is -2.09. The average molecular weight is 228 g/mol. The van der Waals surface area contributed by atoms with Gasteiger partial charge < -0.3 is 14.9 Å². The Balaban J connectivity index is 2.54. The Bertz CT molecular complexity index is 326. The summed E-state index contributed by atoms with van der Waals surface area (Å²) in [7, 11) is 0. The van der Waals surface area contributed by atoms with Crippen molar-refractivity contribution in [1.82, 2.24) is 0 Å². The van der Waals surface area contributed by atoms with E-state index in [2.05, 4.69) is 0 Å². The zero-order valence-corrected chi connectivity index (χ0v) is 9.32. The van der Waals surface area contributed by atoms with E-state index in [4.69, 9.17) is 9.84 Å². The number of ether oxygens (including phenoxy) is 1. The molecule has 0 amide bonds. The van der Waals surface area contributed by atoms with E-state index in [1.807, 2.05) is 0 Å². The summed E-state index contributed by atoms with van der Waals surface area (Å²) < 4.78 is 18.6. The van der Waals surface area contributed by atoms with Crippen LogP contribution in [0.15, 0.2) is 18.2 Å². The highest BCUT2D eigenvalue weighted by atomic mass is 19.1. The van der Waals surface area contributed by atoms with Crippen LogP contribution in [0.5, 0.6) is 5.75 Å². The highest BCUT2D eigenvalue weighted by Crippen LogP contribution is 2.22. The van der Waals surface area contributed by atoms with Gasteiger partial charge in [-0.25, -0.2) is 4.39 Å². The maximum absolute atomic E-state index is 13.4. The Morgan fingerprint density at radius 2 is 2.12 bits per heavy atom. The molecule has 0 aliphatic rings. The number of aliphatic hydroxyl groups is 2. The largest absolute Gasteiger partial charge is 0.491 e. The minimum Gasteiger partial charge on any atom is -0.491 e. The van der Waals surface area contributed by atoms with Gasteiger partial charge >= 0.3 is 0 Å². The first-order valence-electron chi connectivity index (χ1n) is 5.36. The van der Waals surface area contributed by atoms with Crippen molar-refractivity contribution in [3.05, 3.63) is 29.6 Å². The van der Waals surface area contributed by atoms with Gasteiger partial charge in [0, 0.05) is 6.61 Å². The van der Waals surface area contributed by atoms with Crippen LogP contribution in [0, 0.1) is 5.82 Å². The highest BCUT2D eigenvalue weighted by molar-refractivity contribution is 5.30. The smallest absolute Gasteiger partial charge is 0.165 e. The zero-order valence-electron chi connectivity index (χ0n) is 9.32. The predicted molar refractivity (Wildman–Crippen MR) is 58.8 cm³/mol. The summed E-state index contributed by atoms with van der Waals surface area (Å²) in [6.07, 6.45) is 0.652. The minimum atomic E-state index is -0.682. The molecule has 0 radical (unpaired) electrons. The summed E-state index contributed by atoms with van der Waals surface area (Å²) in [5, 5.41) is 17.8. The fourth-order valence-electron chi connectivity index (χ4n) is 1.29. The van der Waals surface area contributed by atoms with Crippen LogP contribution in [0.3, 0.4) is 0 Å². The molecule has 2 N–H and O–H groups in total. The normalized spacial score (nSPS) is 12.5. The highest BCUT2D eigenvalue weighted by Gasteiger charge is 2.07. The predicted octanol–water partition coefficient (Wildman–Crippen LogP) is 2.03. The summed E-state index contributed by atoms with van der Waals surface area (Å²) in [5.41, 5.74) is 0.528. The fourth-order valence-corrected chi connectivity index (χ4v) is 1.29. The first kappa shape index (κ1) is 12.9. The first-order valence-corrected chi connectivity index (χ1v) is 5.36. The third kappa shape index (κ3) is 3.79. The van der Waals surface area contributed by atoms with Crippen molar-refractivity contribution in [2.45, 2.75) is 25.9 Å². The second-order valence-electron chi connectivity index (χ2n) is 3.65. The van der Waals surface area contributed by atoms with Crippen molar-refractivity contribution in [2.24, 2.45) is 0 Å². The summed E-state index contributed by atoms with van der Waals surface area (Å²) in [5.74, 6) is -0.287. The number of rotatable bonds is 6. The van der Waals surface area contributed by atoms with Crippen LogP contribution < -0.4 is 4.74 Å². The van der Waals surface area contributed by atoms with Gasteiger partial charge in [-0.15, -0.1) is 0 Å². The van der Waals surface area contributed by atoms with Crippen molar-refractivity contribution in [1.29, 1.82) is 0 Å². The maximum atomic E-state index is 13.4. The van der Waals surface area contributed by atoms with E-state index in [9.17, 15) is 9.50 Å². The summed E-state index contributed by atoms with van der Waals surface area (Å²) >= 11 is 0. The van der Waals surface area contributed by atoms with E-state index in [1.165, 1.54) is 12.1 Å². The maximum Gasteiger partial charge on any atom is 0.165 e.